The molecule has 0 heterocycles. The molecule has 0 aromatic rings. The number of hydrogen-bond acceptors (Lipinski definition) is 12. The van der Waals surface area contributed by atoms with Crippen molar-refractivity contribution >= 4 is 35.8 Å². The number of hydrogen-bond donors (Lipinski definition) is 0. The fourth-order valence-electron chi connectivity index (χ4n) is 2.11. The van der Waals surface area contributed by atoms with Crippen LogP contribution in [0, 0.1) is 0 Å². The maximum Gasteiger partial charge on any atom is 0.305 e. The van der Waals surface area contributed by atoms with Gasteiger partial charge in [-0.2, -0.15) is 0 Å². The maximum atomic E-state index is 11.6. The molecule has 29 heavy (non-hydrogen) atoms. The predicted octanol–water partition coefficient (Wildman–Crippen LogP) is -0.203. The van der Waals surface area contributed by atoms with E-state index in [9.17, 15) is 28.8 Å². The van der Waals surface area contributed by atoms with E-state index < -0.39 is 67.0 Å². The van der Waals surface area contributed by atoms with Crippen LogP contribution in [-0.4, -0.2) is 67.0 Å². The lowest BCUT2D eigenvalue weighted by molar-refractivity contribution is -0.237. The summed E-state index contributed by atoms with van der Waals surface area (Å²) < 4.78 is 29.7. The lowest BCUT2D eigenvalue weighted by Crippen LogP contribution is -2.54. The second-order valence-electron chi connectivity index (χ2n) is 5.69. The van der Waals surface area contributed by atoms with E-state index >= 15 is 0 Å². The van der Waals surface area contributed by atoms with E-state index in [4.69, 9.17) is 28.4 Å². The Bertz CT molecular complexity index is 624. The Kier molecular flexibility index (Phi) is 11.0. The van der Waals surface area contributed by atoms with Crippen LogP contribution >= 0.6 is 0 Å². The molecule has 0 radical (unpaired) electrons. The van der Waals surface area contributed by atoms with Gasteiger partial charge in [-0.05, 0) is 0 Å². The van der Waals surface area contributed by atoms with Crippen molar-refractivity contribution in [3.63, 3.8) is 0 Å². The monoisotopic (exact) mass is 420 g/mol. The van der Waals surface area contributed by atoms with Crippen LogP contribution in [-0.2, 0) is 57.2 Å². The van der Waals surface area contributed by atoms with Gasteiger partial charge in [0.2, 0.25) is 6.10 Å². The van der Waals surface area contributed by atoms with Gasteiger partial charge in [0, 0.05) is 41.5 Å². The zero-order chi connectivity index (χ0) is 22.7. The highest BCUT2D eigenvalue weighted by molar-refractivity contribution is 5.70. The molecule has 0 bridgehead atoms. The summed E-state index contributed by atoms with van der Waals surface area (Å²) in [6, 6.07) is 0. The molecule has 0 aliphatic carbocycles. The maximum absolute atomic E-state index is 11.6. The first kappa shape index (κ1) is 25.8. The number of esters is 6. The SMILES string of the molecule is CC(=O)OC[C@@H](OC(C)=O)[C@H](OC(C)=O)[C@H](OC(C)=O)C(OC(C)=O)OC(C)=O. The standard InChI is InChI=1S/C17H24O12/c1-8(18)24-7-14(25-9(2)19)15(26-10(3)20)16(27-11(4)21)17(28-12(5)22)29-13(6)23/h14-17H,7H2,1-6H3/t14-,15+,16+/m1/s1. The van der Waals surface area contributed by atoms with Crippen LogP contribution in [0.2, 0.25) is 0 Å². The zero-order valence-electron chi connectivity index (χ0n) is 16.9. The molecule has 3 atom stereocenters. The van der Waals surface area contributed by atoms with Crippen LogP contribution in [0.3, 0.4) is 0 Å². The van der Waals surface area contributed by atoms with E-state index in [1.165, 1.54) is 0 Å². The molecule has 12 nitrogen and oxygen atoms in total. The van der Waals surface area contributed by atoms with Gasteiger partial charge in [-0.1, -0.05) is 0 Å². The molecule has 0 unspecified atom stereocenters. The van der Waals surface area contributed by atoms with E-state index in [0.29, 0.717) is 0 Å². The van der Waals surface area contributed by atoms with E-state index in [-0.39, 0.29) is 0 Å². The molecule has 0 aliphatic rings. The van der Waals surface area contributed by atoms with Crippen LogP contribution in [0.25, 0.3) is 0 Å². The van der Waals surface area contributed by atoms with Crippen LogP contribution in [0.1, 0.15) is 41.5 Å². The minimum absolute atomic E-state index is 0.600. The fraction of sp³-hybridized carbons (Fsp3) is 0.647. The molecule has 0 aromatic carbocycles. The molecule has 12 heteroatoms. The van der Waals surface area contributed by atoms with E-state index in [1.54, 1.807) is 0 Å². The Labute approximate surface area is 166 Å². The van der Waals surface area contributed by atoms with Gasteiger partial charge in [-0.25, -0.2) is 0 Å². The van der Waals surface area contributed by atoms with Gasteiger partial charge >= 0.3 is 35.8 Å². The lowest BCUT2D eigenvalue weighted by Gasteiger charge is -2.34. The van der Waals surface area contributed by atoms with Crippen molar-refractivity contribution in [1.82, 2.24) is 0 Å². The summed E-state index contributed by atoms with van der Waals surface area (Å²) >= 11 is 0. The predicted molar refractivity (Wildman–Crippen MR) is 90.6 cm³/mol. The molecule has 0 saturated heterocycles. The minimum atomic E-state index is -1.85. The molecule has 0 saturated carbocycles. The van der Waals surface area contributed by atoms with Gasteiger partial charge in [0.15, 0.2) is 12.2 Å². The Morgan fingerprint density at radius 3 is 1.24 bits per heavy atom. The third-order valence-electron chi connectivity index (χ3n) is 2.90. The van der Waals surface area contributed by atoms with Crippen LogP contribution in [0.5, 0.6) is 0 Å². The van der Waals surface area contributed by atoms with Crippen molar-refractivity contribution in [3.8, 4) is 0 Å². The number of carbonyl (C=O) groups excluding carboxylic acids is 6. The molecule has 164 valence electrons. The average molecular weight is 420 g/mol. The average Bonchev–Trinajstić information content (AvgIpc) is 2.52. The molecule has 0 spiro atoms. The first-order valence-electron chi connectivity index (χ1n) is 8.32. The van der Waals surface area contributed by atoms with Crippen molar-refractivity contribution in [2.45, 2.75) is 66.1 Å². The summed E-state index contributed by atoms with van der Waals surface area (Å²) in [5, 5.41) is 0. The van der Waals surface area contributed by atoms with Crippen LogP contribution < -0.4 is 0 Å². The summed E-state index contributed by atoms with van der Waals surface area (Å²) in [7, 11) is 0. The molecule has 0 fully saturated rings. The van der Waals surface area contributed by atoms with Crippen LogP contribution in [0.15, 0.2) is 0 Å². The largest absolute Gasteiger partial charge is 0.462 e. The molecule has 0 rings (SSSR count). The third-order valence-corrected chi connectivity index (χ3v) is 2.90. The highest BCUT2D eigenvalue weighted by Gasteiger charge is 2.45. The van der Waals surface area contributed by atoms with Crippen LogP contribution in [0.4, 0.5) is 0 Å². The van der Waals surface area contributed by atoms with E-state index in [2.05, 4.69) is 0 Å². The van der Waals surface area contributed by atoms with Gasteiger partial charge in [0.25, 0.3) is 6.29 Å². The summed E-state index contributed by atoms with van der Waals surface area (Å²) in [5.41, 5.74) is 0. The highest BCUT2D eigenvalue weighted by Crippen LogP contribution is 2.21. The molecular weight excluding hydrogens is 396 g/mol. The lowest BCUT2D eigenvalue weighted by atomic mass is 10.1. The highest BCUT2D eigenvalue weighted by atomic mass is 16.7. The number of rotatable bonds is 10. The topological polar surface area (TPSA) is 158 Å². The van der Waals surface area contributed by atoms with Gasteiger partial charge < -0.3 is 28.4 Å². The van der Waals surface area contributed by atoms with Gasteiger partial charge in [0.05, 0.1) is 0 Å². The second-order valence-corrected chi connectivity index (χ2v) is 5.69. The molecule has 0 N–H and O–H groups in total. The normalized spacial score (nSPS) is 13.3. The summed E-state index contributed by atoms with van der Waals surface area (Å²) in [6.07, 6.45) is -6.75. The smallest absolute Gasteiger partial charge is 0.305 e. The minimum Gasteiger partial charge on any atom is -0.462 e. The Morgan fingerprint density at radius 2 is 0.897 bits per heavy atom. The van der Waals surface area contributed by atoms with E-state index in [0.717, 1.165) is 41.5 Å². The third kappa shape index (κ3) is 11.3. The van der Waals surface area contributed by atoms with Crippen molar-refractivity contribution in [1.29, 1.82) is 0 Å². The summed E-state index contributed by atoms with van der Waals surface area (Å²) in [5.74, 6) is -5.26. The quantitative estimate of drug-likeness (QED) is 0.261. The fourth-order valence-corrected chi connectivity index (χ4v) is 2.11. The van der Waals surface area contributed by atoms with Crippen molar-refractivity contribution in [3.05, 3.63) is 0 Å². The summed E-state index contributed by atoms with van der Waals surface area (Å²) in [6.45, 7) is 5.48. The van der Waals surface area contributed by atoms with E-state index in [1.807, 2.05) is 0 Å². The van der Waals surface area contributed by atoms with Crippen molar-refractivity contribution < 1.29 is 57.2 Å². The van der Waals surface area contributed by atoms with Gasteiger partial charge in [0.1, 0.15) is 6.61 Å². The molecule has 0 aliphatic heterocycles. The Hall–Kier alpha value is -3.18. The Morgan fingerprint density at radius 1 is 0.517 bits per heavy atom. The zero-order valence-corrected chi connectivity index (χ0v) is 16.9. The molecule has 0 amide bonds. The molecule has 0 aromatic heterocycles. The Balaban J connectivity index is 6.20. The second kappa shape index (κ2) is 12.3. The van der Waals surface area contributed by atoms with Gasteiger partial charge in [-0.15, -0.1) is 0 Å². The van der Waals surface area contributed by atoms with Crippen molar-refractivity contribution in [2.75, 3.05) is 6.61 Å². The van der Waals surface area contributed by atoms with Gasteiger partial charge in [-0.3, -0.25) is 28.8 Å². The molecular formula is C17H24O12. The number of ether oxygens (including phenoxy) is 6. The number of carbonyl (C=O) groups is 6. The summed E-state index contributed by atoms with van der Waals surface area (Å²) in [4.78, 5) is 68.7. The first-order chi connectivity index (χ1) is 13.3. The van der Waals surface area contributed by atoms with Crippen molar-refractivity contribution in [2.24, 2.45) is 0 Å². The first-order valence-corrected chi connectivity index (χ1v) is 8.32.